The second-order valence-electron chi connectivity index (χ2n) is 5.08. The Morgan fingerprint density at radius 2 is 2.20 bits per heavy atom. The van der Waals surface area contributed by atoms with Crippen LogP contribution in [0.15, 0.2) is 24.3 Å². The van der Waals surface area contributed by atoms with Crippen molar-refractivity contribution in [2.45, 2.75) is 25.9 Å². The number of benzene rings is 1. The van der Waals surface area contributed by atoms with Crippen molar-refractivity contribution in [2.24, 2.45) is 0 Å². The first-order chi connectivity index (χ1) is 9.63. The maximum absolute atomic E-state index is 12.2. The van der Waals surface area contributed by atoms with Crippen LogP contribution in [0.5, 0.6) is 0 Å². The third-order valence-electron chi connectivity index (χ3n) is 3.79. The van der Waals surface area contributed by atoms with Crippen molar-refractivity contribution < 1.29 is 4.79 Å². The van der Waals surface area contributed by atoms with Gasteiger partial charge in [-0.2, -0.15) is 0 Å². The van der Waals surface area contributed by atoms with Gasteiger partial charge in [0.15, 0.2) is 0 Å². The second kappa shape index (κ2) is 7.38. The van der Waals surface area contributed by atoms with E-state index in [4.69, 9.17) is 0 Å². The van der Waals surface area contributed by atoms with E-state index in [-0.39, 0.29) is 18.0 Å². The molecular weight excluding hydrogens is 365 g/mol. The zero-order valence-electron chi connectivity index (χ0n) is 12.0. The van der Waals surface area contributed by atoms with Crippen LogP contribution in [0.2, 0.25) is 0 Å². The molecule has 5 heteroatoms. The number of hydrogen-bond acceptors (Lipinski definition) is 3. The molecule has 4 nitrogen and oxygen atoms in total. The Balaban J connectivity index is 2.14. The summed E-state index contributed by atoms with van der Waals surface area (Å²) in [6.45, 7) is 7.38. The summed E-state index contributed by atoms with van der Waals surface area (Å²) in [7, 11) is 0. The molecule has 1 aliphatic heterocycles. The quantitative estimate of drug-likeness (QED) is 0.775. The normalized spacial score (nSPS) is 21.4. The summed E-state index contributed by atoms with van der Waals surface area (Å²) < 4.78 is 1.24. The van der Waals surface area contributed by atoms with Crippen LogP contribution in [0.25, 0.3) is 0 Å². The van der Waals surface area contributed by atoms with E-state index in [1.54, 1.807) is 0 Å². The maximum atomic E-state index is 12.2. The summed E-state index contributed by atoms with van der Waals surface area (Å²) in [5.74, 6) is 0.122. The molecule has 1 aliphatic rings. The predicted molar refractivity (Wildman–Crippen MR) is 89.6 cm³/mol. The van der Waals surface area contributed by atoms with Gasteiger partial charge in [-0.1, -0.05) is 12.1 Å². The summed E-state index contributed by atoms with van der Waals surface area (Å²) in [4.78, 5) is 14.5. The van der Waals surface area contributed by atoms with Crippen molar-refractivity contribution in [1.82, 2.24) is 15.5 Å². The van der Waals surface area contributed by atoms with E-state index in [9.17, 15) is 4.79 Å². The van der Waals surface area contributed by atoms with Crippen LogP contribution in [0, 0.1) is 3.57 Å². The molecule has 1 aromatic carbocycles. The molecule has 110 valence electrons. The molecule has 1 aromatic rings. The Bertz CT molecular complexity index is 449. The zero-order valence-corrected chi connectivity index (χ0v) is 14.2. The number of rotatable bonds is 4. The average Bonchev–Trinajstić information content (AvgIpc) is 2.47. The van der Waals surface area contributed by atoms with Gasteiger partial charge in [0.05, 0.1) is 0 Å². The van der Waals surface area contributed by atoms with Crippen LogP contribution >= 0.6 is 22.6 Å². The van der Waals surface area contributed by atoms with Crippen molar-refractivity contribution in [2.75, 3.05) is 26.2 Å². The molecule has 2 rings (SSSR count). The lowest BCUT2D eigenvalue weighted by atomic mass is 10.0. The highest BCUT2D eigenvalue weighted by atomic mass is 127. The van der Waals surface area contributed by atoms with E-state index in [2.05, 4.69) is 69.3 Å². The van der Waals surface area contributed by atoms with Crippen LogP contribution in [0.4, 0.5) is 0 Å². The van der Waals surface area contributed by atoms with Crippen molar-refractivity contribution in [3.8, 4) is 0 Å². The second-order valence-corrected chi connectivity index (χ2v) is 6.33. The van der Waals surface area contributed by atoms with Crippen molar-refractivity contribution in [1.29, 1.82) is 0 Å². The Kier molecular flexibility index (Phi) is 5.80. The fourth-order valence-electron chi connectivity index (χ4n) is 2.65. The molecule has 0 radical (unpaired) electrons. The van der Waals surface area contributed by atoms with Gasteiger partial charge in [0.2, 0.25) is 5.91 Å². The maximum Gasteiger partial charge on any atom is 0.238 e. The summed E-state index contributed by atoms with van der Waals surface area (Å²) in [5, 5.41) is 6.25. The lowest BCUT2D eigenvalue weighted by molar-refractivity contribution is -0.128. The summed E-state index contributed by atoms with van der Waals surface area (Å²) in [5.41, 5.74) is 1.27. The highest BCUT2D eigenvalue weighted by Gasteiger charge is 2.31. The standard InChI is InChI=1S/C15H22IN3O/c1-3-18-15(20)14-10-17-8-9-19(14)11(2)12-4-6-13(16)7-5-12/h4-7,11,14,17H,3,8-10H2,1-2H3,(H,18,20). The summed E-state index contributed by atoms with van der Waals surface area (Å²) in [6, 6.07) is 8.72. The number of hydrogen-bond donors (Lipinski definition) is 2. The van der Waals surface area contributed by atoms with E-state index in [1.165, 1.54) is 9.13 Å². The van der Waals surface area contributed by atoms with E-state index >= 15 is 0 Å². The molecule has 0 aliphatic carbocycles. The Labute approximate surface area is 134 Å². The van der Waals surface area contributed by atoms with E-state index in [0.29, 0.717) is 6.54 Å². The number of amides is 1. The van der Waals surface area contributed by atoms with Gasteiger partial charge in [-0.3, -0.25) is 9.69 Å². The molecule has 2 N–H and O–H groups in total. The topological polar surface area (TPSA) is 44.4 Å². The largest absolute Gasteiger partial charge is 0.355 e. The molecule has 1 heterocycles. The third kappa shape index (κ3) is 3.71. The number of halogens is 1. The number of nitrogens with zero attached hydrogens (tertiary/aromatic N) is 1. The monoisotopic (exact) mass is 387 g/mol. The predicted octanol–water partition coefficient (Wildman–Crippen LogP) is 1.76. The van der Waals surface area contributed by atoms with Crippen LogP contribution in [-0.4, -0.2) is 43.0 Å². The average molecular weight is 387 g/mol. The first kappa shape index (κ1) is 15.7. The third-order valence-corrected chi connectivity index (χ3v) is 4.51. The lowest BCUT2D eigenvalue weighted by Gasteiger charge is -2.39. The Morgan fingerprint density at radius 1 is 1.50 bits per heavy atom. The summed E-state index contributed by atoms with van der Waals surface area (Å²) in [6.07, 6.45) is 0. The van der Waals surface area contributed by atoms with Crippen LogP contribution in [0.1, 0.15) is 25.5 Å². The molecule has 0 saturated carbocycles. The minimum Gasteiger partial charge on any atom is -0.355 e. The molecule has 0 spiro atoms. The van der Waals surface area contributed by atoms with Gasteiger partial charge in [0, 0.05) is 35.8 Å². The van der Waals surface area contributed by atoms with E-state index in [1.807, 2.05) is 6.92 Å². The SMILES string of the molecule is CCNC(=O)C1CNCCN1C(C)c1ccc(I)cc1. The van der Waals surface area contributed by atoms with Gasteiger partial charge in [0.1, 0.15) is 6.04 Å². The van der Waals surface area contributed by atoms with Crippen LogP contribution in [0.3, 0.4) is 0 Å². The smallest absolute Gasteiger partial charge is 0.238 e. The Hall–Kier alpha value is -0.660. The number of likely N-dealkylation sites (N-methyl/N-ethyl adjacent to an activating group) is 1. The van der Waals surface area contributed by atoms with Crippen LogP contribution in [-0.2, 0) is 4.79 Å². The van der Waals surface area contributed by atoms with Gasteiger partial charge >= 0.3 is 0 Å². The minimum atomic E-state index is -0.0852. The molecule has 1 saturated heterocycles. The molecule has 1 fully saturated rings. The molecule has 0 bridgehead atoms. The molecule has 20 heavy (non-hydrogen) atoms. The highest BCUT2D eigenvalue weighted by Crippen LogP contribution is 2.24. The molecule has 2 atom stereocenters. The van der Waals surface area contributed by atoms with Crippen molar-refractivity contribution in [3.63, 3.8) is 0 Å². The fraction of sp³-hybridized carbons (Fsp3) is 0.533. The number of carbonyl (C=O) groups excluding carboxylic acids is 1. The van der Waals surface area contributed by atoms with Crippen molar-refractivity contribution in [3.05, 3.63) is 33.4 Å². The Morgan fingerprint density at radius 3 is 2.85 bits per heavy atom. The minimum absolute atomic E-state index is 0.0852. The fourth-order valence-corrected chi connectivity index (χ4v) is 3.01. The first-order valence-corrected chi connectivity index (χ1v) is 8.21. The molecular formula is C15H22IN3O. The molecule has 2 unspecified atom stereocenters. The lowest BCUT2D eigenvalue weighted by Crippen LogP contribution is -2.58. The first-order valence-electron chi connectivity index (χ1n) is 7.13. The van der Waals surface area contributed by atoms with E-state index in [0.717, 1.165) is 19.6 Å². The van der Waals surface area contributed by atoms with Gasteiger partial charge in [-0.15, -0.1) is 0 Å². The van der Waals surface area contributed by atoms with Gasteiger partial charge < -0.3 is 10.6 Å². The number of carbonyl (C=O) groups is 1. The van der Waals surface area contributed by atoms with Gasteiger partial charge in [-0.25, -0.2) is 0 Å². The molecule has 1 amide bonds. The summed E-state index contributed by atoms with van der Waals surface area (Å²) >= 11 is 2.31. The number of nitrogens with one attached hydrogen (secondary N) is 2. The zero-order chi connectivity index (χ0) is 14.5. The highest BCUT2D eigenvalue weighted by molar-refractivity contribution is 14.1. The molecule has 0 aromatic heterocycles. The van der Waals surface area contributed by atoms with E-state index < -0.39 is 0 Å². The van der Waals surface area contributed by atoms with Gasteiger partial charge in [-0.05, 0) is 54.1 Å². The van der Waals surface area contributed by atoms with Gasteiger partial charge in [0.25, 0.3) is 0 Å². The van der Waals surface area contributed by atoms with Crippen molar-refractivity contribution >= 4 is 28.5 Å². The number of piperazine rings is 1. The van der Waals surface area contributed by atoms with Crippen LogP contribution < -0.4 is 10.6 Å².